The number of aryl methyl sites for hydroxylation is 1. The number of benzene rings is 1. The summed E-state index contributed by atoms with van der Waals surface area (Å²) in [7, 11) is 0. The standard InChI is InChI=1S/C13H11N3/c14-7-3-9-16-10-11(6-8-15)12-4-1-2-5-13(12)16/h1-2,4-5,10H,3,6,9H2. The molecule has 0 aliphatic carbocycles. The average molecular weight is 209 g/mol. The fourth-order valence-electron chi connectivity index (χ4n) is 1.90. The number of nitriles is 2. The molecule has 3 heteroatoms. The van der Waals surface area contributed by atoms with Crippen molar-refractivity contribution in [2.45, 2.75) is 19.4 Å². The predicted molar refractivity (Wildman–Crippen MR) is 61.5 cm³/mol. The molecule has 0 unspecified atom stereocenters. The van der Waals surface area contributed by atoms with E-state index < -0.39 is 0 Å². The van der Waals surface area contributed by atoms with Gasteiger partial charge in [-0.15, -0.1) is 0 Å². The van der Waals surface area contributed by atoms with Crippen molar-refractivity contribution in [1.29, 1.82) is 10.5 Å². The van der Waals surface area contributed by atoms with Crippen LogP contribution in [0, 0.1) is 22.7 Å². The summed E-state index contributed by atoms with van der Waals surface area (Å²) in [6, 6.07) is 12.3. The van der Waals surface area contributed by atoms with Crippen LogP contribution in [0.2, 0.25) is 0 Å². The minimum Gasteiger partial charge on any atom is -0.346 e. The van der Waals surface area contributed by atoms with Gasteiger partial charge in [-0.25, -0.2) is 0 Å². The van der Waals surface area contributed by atoms with Crippen LogP contribution in [0.5, 0.6) is 0 Å². The third kappa shape index (κ3) is 1.76. The van der Waals surface area contributed by atoms with Gasteiger partial charge in [-0.3, -0.25) is 0 Å². The molecule has 16 heavy (non-hydrogen) atoms. The molecule has 0 aliphatic rings. The lowest BCUT2D eigenvalue weighted by molar-refractivity contribution is 0.742. The Balaban J connectivity index is 2.50. The van der Waals surface area contributed by atoms with Crippen molar-refractivity contribution in [3.63, 3.8) is 0 Å². The molecule has 2 rings (SSSR count). The van der Waals surface area contributed by atoms with Crippen LogP contribution in [0.25, 0.3) is 10.9 Å². The summed E-state index contributed by atoms with van der Waals surface area (Å²) in [6.45, 7) is 0.683. The van der Waals surface area contributed by atoms with Crippen molar-refractivity contribution in [2.75, 3.05) is 0 Å². The highest BCUT2D eigenvalue weighted by atomic mass is 15.0. The first-order chi connectivity index (χ1) is 7.86. The van der Waals surface area contributed by atoms with E-state index in [0.29, 0.717) is 19.4 Å². The fourth-order valence-corrected chi connectivity index (χ4v) is 1.90. The monoisotopic (exact) mass is 209 g/mol. The number of fused-ring (bicyclic) bond motifs is 1. The normalized spacial score (nSPS) is 9.88. The molecule has 1 heterocycles. The highest BCUT2D eigenvalue weighted by molar-refractivity contribution is 5.84. The van der Waals surface area contributed by atoms with Crippen LogP contribution in [-0.2, 0) is 13.0 Å². The van der Waals surface area contributed by atoms with E-state index in [4.69, 9.17) is 10.5 Å². The van der Waals surface area contributed by atoms with E-state index in [1.54, 1.807) is 0 Å². The van der Waals surface area contributed by atoms with Crippen LogP contribution in [0.15, 0.2) is 30.5 Å². The highest BCUT2D eigenvalue weighted by Crippen LogP contribution is 2.21. The van der Waals surface area contributed by atoms with Crippen molar-refractivity contribution in [2.24, 2.45) is 0 Å². The van der Waals surface area contributed by atoms with Crippen molar-refractivity contribution >= 4 is 10.9 Å². The number of hydrogen-bond donors (Lipinski definition) is 0. The van der Waals surface area contributed by atoms with E-state index >= 15 is 0 Å². The van der Waals surface area contributed by atoms with Crippen LogP contribution < -0.4 is 0 Å². The second-order valence-electron chi connectivity index (χ2n) is 3.61. The lowest BCUT2D eigenvalue weighted by atomic mass is 10.1. The van der Waals surface area contributed by atoms with Gasteiger partial charge in [0.25, 0.3) is 0 Å². The lowest BCUT2D eigenvalue weighted by Gasteiger charge is -2.00. The minimum atomic E-state index is 0.417. The third-order valence-corrected chi connectivity index (χ3v) is 2.61. The van der Waals surface area contributed by atoms with E-state index in [0.717, 1.165) is 16.5 Å². The Morgan fingerprint density at radius 1 is 1.12 bits per heavy atom. The maximum absolute atomic E-state index is 8.75. The number of rotatable bonds is 3. The quantitative estimate of drug-likeness (QED) is 0.780. The summed E-state index contributed by atoms with van der Waals surface area (Å²) in [5, 5.41) is 18.5. The summed E-state index contributed by atoms with van der Waals surface area (Å²) in [5.41, 5.74) is 2.14. The van der Waals surface area contributed by atoms with E-state index in [-0.39, 0.29) is 0 Å². The fraction of sp³-hybridized carbons (Fsp3) is 0.231. The Morgan fingerprint density at radius 3 is 2.69 bits per heavy atom. The molecular weight excluding hydrogens is 198 g/mol. The zero-order chi connectivity index (χ0) is 11.4. The van der Waals surface area contributed by atoms with Crippen LogP contribution in [0.4, 0.5) is 0 Å². The molecule has 3 nitrogen and oxygen atoms in total. The molecule has 1 aromatic carbocycles. The zero-order valence-electron chi connectivity index (χ0n) is 8.85. The van der Waals surface area contributed by atoms with Crippen LogP contribution in [0.3, 0.4) is 0 Å². The van der Waals surface area contributed by atoms with Crippen molar-refractivity contribution in [1.82, 2.24) is 4.57 Å². The van der Waals surface area contributed by atoms with Gasteiger partial charge in [-0.05, 0) is 11.6 Å². The number of nitrogens with zero attached hydrogens (tertiary/aromatic N) is 3. The molecule has 0 radical (unpaired) electrons. The SMILES string of the molecule is N#CCCn1cc(CC#N)c2ccccc21. The highest BCUT2D eigenvalue weighted by Gasteiger charge is 2.06. The van der Waals surface area contributed by atoms with Crippen LogP contribution in [0.1, 0.15) is 12.0 Å². The predicted octanol–water partition coefficient (Wildman–Crippen LogP) is 2.62. The van der Waals surface area contributed by atoms with Crippen LogP contribution >= 0.6 is 0 Å². The largest absolute Gasteiger partial charge is 0.346 e. The Hall–Kier alpha value is -2.26. The summed E-state index contributed by atoms with van der Waals surface area (Å²) < 4.78 is 2.05. The molecule has 0 aliphatic heterocycles. The molecular formula is C13H11N3. The molecule has 0 spiro atoms. The lowest BCUT2D eigenvalue weighted by Crippen LogP contribution is -1.94. The summed E-state index contributed by atoms with van der Waals surface area (Å²) in [4.78, 5) is 0. The van der Waals surface area contributed by atoms with Gasteiger partial charge in [0, 0.05) is 23.6 Å². The second-order valence-corrected chi connectivity index (χ2v) is 3.61. The Morgan fingerprint density at radius 2 is 1.94 bits per heavy atom. The zero-order valence-corrected chi connectivity index (χ0v) is 8.85. The third-order valence-electron chi connectivity index (χ3n) is 2.61. The number of hydrogen-bond acceptors (Lipinski definition) is 2. The Bertz CT molecular complexity index is 581. The maximum atomic E-state index is 8.75. The number of aromatic nitrogens is 1. The summed E-state index contributed by atoms with van der Waals surface area (Å²) in [5.74, 6) is 0. The summed E-state index contributed by atoms with van der Waals surface area (Å²) >= 11 is 0. The topological polar surface area (TPSA) is 52.5 Å². The van der Waals surface area contributed by atoms with Gasteiger partial charge < -0.3 is 4.57 Å². The molecule has 0 fully saturated rings. The van der Waals surface area contributed by atoms with Gasteiger partial charge in [-0.1, -0.05) is 18.2 Å². The molecule has 0 N–H and O–H groups in total. The smallest absolute Gasteiger partial charge is 0.0670 e. The van der Waals surface area contributed by atoms with Crippen molar-refractivity contribution in [3.8, 4) is 12.1 Å². The van der Waals surface area contributed by atoms with Crippen LogP contribution in [-0.4, -0.2) is 4.57 Å². The molecule has 1 aromatic heterocycles. The van der Waals surface area contributed by atoms with Gasteiger partial charge in [0.1, 0.15) is 0 Å². The minimum absolute atomic E-state index is 0.417. The summed E-state index contributed by atoms with van der Waals surface area (Å²) in [6.07, 6.45) is 2.88. The van der Waals surface area contributed by atoms with E-state index in [1.807, 2.05) is 35.0 Å². The molecule has 0 amide bonds. The van der Waals surface area contributed by atoms with E-state index in [9.17, 15) is 0 Å². The Kier molecular flexibility index (Phi) is 2.89. The first-order valence-corrected chi connectivity index (χ1v) is 5.17. The Labute approximate surface area is 94.1 Å². The van der Waals surface area contributed by atoms with E-state index in [1.165, 1.54) is 0 Å². The van der Waals surface area contributed by atoms with Gasteiger partial charge in [0.2, 0.25) is 0 Å². The molecule has 0 saturated heterocycles. The molecule has 0 saturated carbocycles. The second kappa shape index (κ2) is 4.51. The molecule has 0 bridgehead atoms. The van der Waals surface area contributed by atoms with E-state index in [2.05, 4.69) is 12.1 Å². The van der Waals surface area contributed by atoms with Gasteiger partial charge in [0.15, 0.2) is 0 Å². The van der Waals surface area contributed by atoms with Gasteiger partial charge >= 0.3 is 0 Å². The molecule has 0 atom stereocenters. The van der Waals surface area contributed by atoms with Gasteiger partial charge in [0.05, 0.1) is 25.0 Å². The first kappa shape index (κ1) is 10.3. The molecule has 78 valence electrons. The first-order valence-electron chi connectivity index (χ1n) is 5.17. The van der Waals surface area contributed by atoms with Crippen molar-refractivity contribution in [3.05, 3.63) is 36.0 Å². The van der Waals surface area contributed by atoms with Crippen molar-refractivity contribution < 1.29 is 0 Å². The average Bonchev–Trinajstić information content (AvgIpc) is 2.66. The van der Waals surface area contributed by atoms with Gasteiger partial charge in [-0.2, -0.15) is 10.5 Å². The maximum Gasteiger partial charge on any atom is 0.0670 e. The number of para-hydroxylation sites is 1. The molecule has 2 aromatic rings.